The Morgan fingerprint density at radius 1 is 1.19 bits per heavy atom. The highest BCUT2D eigenvalue weighted by molar-refractivity contribution is 5.95. The molecule has 0 aliphatic carbocycles. The molecule has 3 rings (SSSR count). The SMILES string of the molecule is N#CCc1nc2cc3ccccc3cc2[nH]1. The van der Waals surface area contributed by atoms with Gasteiger partial charge in [-0.1, -0.05) is 24.3 Å². The fourth-order valence-corrected chi connectivity index (χ4v) is 1.91. The average molecular weight is 207 g/mol. The lowest BCUT2D eigenvalue weighted by atomic mass is 10.1. The summed E-state index contributed by atoms with van der Waals surface area (Å²) in [7, 11) is 0. The first kappa shape index (κ1) is 8.93. The maximum absolute atomic E-state index is 8.62. The highest BCUT2D eigenvalue weighted by Crippen LogP contribution is 2.20. The van der Waals surface area contributed by atoms with E-state index in [1.165, 1.54) is 10.8 Å². The second-order valence-electron chi connectivity index (χ2n) is 3.73. The number of aromatic nitrogens is 2. The predicted octanol–water partition coefficient (Wildman–Crippen LogP) is 2.78. The molecule has 0 fully saturated rings. The van der Waals surface area contributed by atoms with Crippen LogP contribution in [0.1, 0.15) is 5.82 Å². The highest BCUT2D eigenvalue weighted by Gasteiger charge is 2.03. The minimum absolute atomic E-state index is 0.324. The summed E-state index contributed by atoms with van der Waals surface area (Å²) in [6.45, 7) is 0. The van der Waals surface area contributed by atoms with Gasteiger partial charge in [-0.3, -0.25) is 0 Å². The summed E-state index contributed by atoms with van der Waals surface area (Å²) in [6, 6.07) is 14.4. The van der Waals surface area contributed by atoms with Crippen molar-refractivity contribution in [2.45, 2.75) is 6.42 Å². The van der Waals surface area contributed by atoms with E-state index in [0.717, 1.165) is 16.9 Å². The number of imidazole rings is 1. The maximum Gasteiger partial charge on any atom is 0.121 e. The van der Waals surface area contributed by atoms with E-state index in [-0.39, 0.29) is 0 Å². The van der Waals surface area contributed by atoms with Gasteiger partial charge < -0.3 is 4.98 Å². The number of aromatic amines is 1. The summed E-state index contributed by atoms with van der Waals surface area (Å²) in [5, 5.41) is 11.0. The first-order valence-corrected chi connectivity index (χ1v) is 5.11. The minimum atomic E-state index is 0.324. The van der Waals surface area contributed by atoms with Gasteiger partial charge in [0.1, 0.15) is 5.82 Å². The lowest BCUT2D eigenvalue weighted by Crippen LogP contribution is -1.81. The zero-order chi connectivity index (χ0) is 11.0. The van der Waals surface area contributed by atoms with Crippen LogP contribution in [-0.4, -0.2) is 9.97 Å². The summed E-state index contributed by atoms with van der Waals surface area (Å²) >= 11 is 0. The molecule has 1 heterocycles. The van der Waals surface area contributed by atoms with E-state index in [0.29, 0.717) is 6.42 Å². The quantitative estimate of drug-likeness (QED) is 0.667. The summed E-state index contributed by atoms with van der Waals surface area (Å²) in [4.78, 5) is 7.53. The molecule has 0 radical (unpaired) electrons. The predicted molar refractivity (Wildman–Crippen MR) is 62.9 cm³/mol. The molecular formula is C13H9N3. The van der Waals surface area contributed by atoms with Gasteiger partial charge in [-0.15, -0.1) is 0 Å². The molecule has 3 aromatic rings. The van der Waals surface area contributed by atoms with E-state index in [2.05, 4.69) is 34.2 Å². The normalized spacial score (nSPS) is 10.7. The lowest BCUT2D eigenvalue weighted by molar-refractivity contribution is 1.08. The Kier molecular flexibility index (Phi) is 1.87. The number of hydrogen-bond acceptors (Lipinski definition) is 2. The number of rotatable bonds is 1. The summed E-state index contributed by atoms with van der Waals surface area (Å²) in [5.74, 6) is 0.729. The molecule has 2 aromatic carbocycles. The number of nitrogens with zero attached hydrogens (tertiary/aromatic N) is 2. The van der Waals surface area contributed by atoms with E-state index in [9.17, 15) is 0 Å². The Balaban J connectivity index is 2.30. The standard InChI is InChI=1S/C13H9N3/c14-6-5-13-15-11-7-9-3-1-2-4-10(9)8-12(11)16-13/h1-4,7-8H,5H2,(H,15,16). The average Bonchev–Trinajstić information content (AvgIpc) is 2.67. The molecule has 0 saturated heterocycles. The summed E-state index contributed by atoms with van der Waals surface area (Å²) in [5.41, 5.74) is 1.91. The van der Waals surface area contributed by atoms with Crippen LogP contribution in [0.3, 0.4) is 0 Å². The molecule has 0 aliphatic heterocycles. The molecule has 16 heavy (non-hydrogen) atoms. The zero-order valence-corrected chi connectivity index (χ0v) is 8.57. The Morgan fingerprint density at radius 2 is 1.94 bits per heavy atom. The second-order valence-corrected chi connectivity index (χ2v) is 3.73. The van der Waals surface area contributed by atoms with Crippen molar-refractivity contribution in [3.63, 3.8) is 0 Å². The first-order valence-electron chi connectivity index (χ1n) is 5.11. The number of fused-ring (bicyclic) bond motifs is 2. The molecular weight excluding hydrogens is 198 g/mol. The van der Waals surface area contributed by atoms with Gasteiger partial charge in [-0.05, 0) is 22.9 Å². The van der Waals surface area contributed by atoms with E-state index in [4.69, 9.17) is 5.26 Å². The monoisotopic (exact) mass is 207 g/mol. The summed E-state index contributed by atoms with van der Waals surface area (Å²) in [6.07, 6.45) is 0.324. The van der Waals surface area contributed by atoms with E-state index >= 15 is 0 Å². The van der Waals surface area contributed by atoms with Crippen molar-refractivity contribution in [2.75, 3.05) is 0 Å². The molecule has 3 heteroatoms. The van der Waals surface area contributed by atoms with Crippen molar-refractivity contribution in [3.8, 4) is 6.07 Å². The molecule has 1 aromatic heterocycles. The molecule has 0 saturated carbocycles. The van der Waals surface area contributed by atoms with Crippen molar-refractivity contribution in [1.29, 1.82) is 5.26 Å². The van der Waals surface area contributed by atoms with Crippen LogP contribution in [0.25, 0.3) is 21.8 Å². The topological polar surface area (TPSA) is 52.5 Å². The van der Waals surface area contributed by atoms with Gasteiger partial charge in [0.15, 0.2) is 0 Å². The molecule has 3 nitrogen and oxygen atoms in total. The molecule has 1 N–H and O–H groups in total. The molecule has 0 unspecified atom stereocenters. The molecule has 0 aliphatic rings. The highest BCUT2D eigenvalue weighted by atomic mass is 14.9. The Morgan fingerprint density at radius 3 is 2.69 bits per heavy atom. The van der Waals surface area contributed by atoms with Crippen molar-refractivity contribution in [3.05, 3.63) is 42.2 Å². The van der Waals surface area contributed by atoms with Crippen molar-refractivity contribution >= 4 is 21.8 Å². The number of H-pyrrole nitrogens is 1. The third-order valence-electron chi connectivity index (χ3n) is 2.64. The van der Waals surface area contributed by atoms with Gasteiger partial charge in [0, 0.05) is 0 Å². The number of hydrogen-bond donors (Lipinski definition) is 1. The molecule has 76 valence electrons. The summed E-state index contributed by atoms with van der Waals surface area (Å²) < 4.78 is 0. The Bertz CT molecular complexity index is 651. The molecule has 0 bridgehead atoms. The van der Waals surface area contributed by atoms with Crippen LogP contribution in [-0.2, 0) is 6.42 Å². The number of nitrogens with one attached hydrogen (secondary N) is 1. The van der Waals surface area contributed by atoms with Crippen LogP contribution in [0, 0.1) is 11.3 Å². The molecule has 0 spiro atoms. The van der Waals surface area contributed by atoms with Gasteiger partial charge in [0.05, 0.1) is 23.5 Å². The molecule has 0 amide bonds. The van der Waals surface area contributed by atoms with Crippen molar-refractivity contribution < 1.29 is 0 Å². The van der Waals surface area contributed by atoms with Crippen LogP contribution in [0.2, 0.25) is 0 Å². The Hall–Kier alpha value is -2.34. The zero-order valence-electron chi connectivity index (χ0n) is 8.57. The van der Waals surface area contributed by atoms with E-state index in [1.807, 2.05) is 18.2 Å². The van der Waals surface area contributed by atoms with E-state index in [1.54, 1.807) is 0 Å². The fraction of sp³-hybridized carbons (Fsp3) is 0.0769. The van der Waals surface area contributed by atoms with Crippen molar-refractivity contribution in [2.24, 2.45) is 0 Å². The number of nitriles is 1. The van der Waals surface area contributed by atoms with Crippen LogP contribution < -0.4 is 0 Å². The molecule has 0 atom stereocenters. The fourth-order valence-electron chi connectivity index (χ4n) is 1.91. The third kappa shape index (κ3) is 1.32. The maximum atomic E-state index is 8.62. The van der Waals surface area contributed by atoms with Crippen LogP contribution in [0.5, 0.6) is 0 Å². The number of benzene rings is 2. The van der Waals surface area contributed by atoms with Gasteiger partial charge in [-0.25, -0.2) is 4.98 Å². The van der Waals surface area contributed by atoms with Gasteiger partial charge >= 0.3 is 0 Å². The third-order valence-corrected chi connectivity index (χ3v) is 2.64. The van der Waals surface area contributed by atoms with E-state index < -0.39 is 0 Å². The lowest BCUT2D eigenvalue weighted by Gasteiger charge is -1.95. The van der Waals surface area contributed by atoms with Gasteiger partial charge in [0.2, 0.25) is 0 Å². The smallest absolute Gasteiger partial charge is 0.121 e. The van der Waals surface area contributed by atoms with Gasteiger partial charge in [-0.2, -0.15) is 5.26 Å². The largest absolute Gasteiger partial charge is 0.341 e. The second kappa shape index (κ2) is 3.35. The first-order chi connectivity index (χ1) is 7.86. The minimum Gasteiger partial charge on any atom is -0.341 e. The van der Waals surface area contributed by atoms with Gasteiger partial charge in [0.25, 0.3) is 0 Å². The Labute approximate surface area is 92.3 Å². The van der Waals surface area contributed by atoms with Crippen LogP contribution >= 0.6 is 0 Å². The van der Waals surface area contributed by atoms with Crippen LogP contribution in [0.4, 0.5) is 0 Å². The van der Waals surface area contributed by atoms with Crippen molar-refractivity contribution in [1.82, 2.24) is 9.97 Å². The van der Waals surface area contributed by atoms with Crippen LogP contribution in [0.15, 0.2) is 36.4 Å².